The first kappa shape index (κ1) is 17.8. The molecule has 0 bridgehead atoms. The van der Waals surface area contributed by atoms with Crippen molar-refractivity contribution in [1.82, 2.24) is 10.6 Å². The topological polar surface area (TPSA) is 58.2 Å². The van der Waals surface area contributed by atoms with Crippen LogP contribution in [0.2, 0.25) is 0 Å². The SMILES string of the molecule is C[C@H]1CC1CC1(NC(=O)NC2CC(C)(C)C(=O)C(C)(C)C2)CCC1. The summed E-state index contributed by atoms with van der Waals surface area (Å²) in [5, 5.41) is 6.48. The van der Waals surface area contributed by atoms with Gasteiger partial charge in [0, 0.05) is 22.4 Å². The molecule has 3 saturated carbocycles. The van der Waals surface area contributed by atoms with Crippen LogP contribution in [0.1, 0.15) is 79.6 Å². The lowest BCUT2D eigenvalue weighted by atomic mass is 9.62. The molecule has 0 saturated heterocycles. The van der Waals surface area contributed by atoms with Crippen molar-refractivity contribution in [2.24, 2.45) is 22.7 Å². The first-order valence-electron chi connectivity index (χ1n) is 9.67. The number of hydrogen-bond acceptors (Lipinski definition) is 2. The van der Waals surface area contributed by atoms with Crippen LogP contribution in [0.5, 0.6) is 0 Å². The lowest BCUT2D eigenvalue weighted by Gasteiger charge is -2.45. The van der Waals surface area contributed by atoms with Crippen molar-refractivity contribution in [3.63, 3.8) is 0 Å². The highest BCUT2D eigenvalue weighted by atomic mass is 16.2. The van der Waals surface area contributed by atoms with Gasteiger partial charge in [-0.3, -0.25) is 4.79 Å². The van der Waals surface area contributed by atoms with Crippen LogP contribution < -0.4 is 10.6 Å². The summed E-state index contributed by atoms with van der Waals surface area (Å²) in [6, 6.07) is 0.0404. The molecule has 0 aromatic carbocycles. The minimum absolute atomic E-state index is 0.0334. The van der Waals surface area contributed by atoms with Gasteiger partial charge in [-0.15, -0.1) is 0 Å². The summed E-state index contributed by atoms with van der Waals surface area (Å²) in [6.07, 6.45) is 7.37. The molecule has 4 heteroatoms. The van der Waals surface area contributed by atoms with E-state index in [0.29, 0.717) is 5.78 Å². The third-order valence-corrected chi connectivity index (χ3v) is 6.70. The van der Waals surface area contributed by atoms with E-state index in [0.717, 1.165) is 43.9 Å². The van der Waals surface area contributed by atoms with Gasteiger partial charge in [0.1, 0.15) is 5.78 Å². The van der Waals surface area contributed by atoms with E-state index in [4.69, 9.17) is 0 Å². The Hall–Kier alpha value is -1.06. The van der Waals surface area contributed by atoms with Crippen LogP contribution in [0.15, 0.2) is 0 Å². The van der Waals surface area contributed by atoms with Crippen molar-refractivity contribution < 1.29 is 9.59 Å². The van der Waals surface area contributed by atoms with Crippen LogP contribution in [0.4, 0.5) is 4.79 Å². The lowest BCUT2D eigenvalue weighted by Crippen LogP contribution is -2.60. The maximum absolute atomic E-state index is 12.6. The standard InChI is InChI=1S/C20H34N2O2/c1-13-9-14(13)10-20(7-6-8-20)22-17(24)21-15-11-18(2,3)16(23)19(4,5)12-15/h13-15H,6-12H2,1-5H3,(H2,21,22,24)/t13-,14?/m0/s1. The quantitative estimate of drug-likeness (QED) is 0.815. The summed E-state index contributed by atoms with van der Waals surface area (Å²) in [5.41, 5.74) is -0.691. The second-order valence-electron chi connectivity index (χ2n) is 10.1. The highest BCUT2D eigenvalue weighted by Gasteiger charge is 2.48. The van der Waals surface area contributed by atoms with E-state index < -0.39 is 0 Å². The Labute approximate surface area is 146 Å². The third-order valence-electron chi connectivity index (χ3n) is 6.70. The molecule has 3 aliphatic rings. The Morgan fingerprint density at radius 2 is 1.67 bits per heavy atom. The molecule has 2 N–H and O–H groups in total. The molecular weight excluding hydrogens is 300 g/mol. The van der Waals surface area contributed by atoms with Gasteiger partial charge in [-0.1, -0.05) is 34.6 Å². The molecule has 3 rings (SSSR count). The van der Waals surface area contributed by atoms with E-state index >= 15 is 0 Å². The summed E-state index contributed by atoms with van der Waals surface area (Å²) in [6.45, 7) is 10.3. The number of hydrogen-bond donors (Lipinski definition) is 2. The fourth-order valence-electron chi connectivity index (χ4n) is 5.14. The molecule has 3 aliphatic carbocycles. The maximum atomic E-state index is 12.6. The molecule has 3 fully saturated rings. The van der Waals surface area contributed by atoms with E-state index in [9.17, 15) is 9.59 Å². The number of urea groups is 1. The Morgan fingerprint density at radius 3 is 2.08 bits per heavy atom. The molecule has 1 unspecified atom stereocenters. The fraction of sp³-hybridized carbons (Fsp3) is 0.900. The average molecular weight is 335 g/mol. The van der Waals surface area contributed by atoms with Gasteiger partial charge in [-0.05, 0) is 56.8 Å². The van der Waals surface area contributed by atoms with Crippen LogP contribution >= 0.6 is 0 Å². The van der Waals surface area contributed by atoms with Crippen molar-refractivity contribution in [2.45, 2.75) is 91.1 Å². The minimum Gasteiger partial charge on any atom is -0.335 e. The Balaban J connectivity index is 1.57. The lowest BCUT2D eigenvalue weighted by molar-refractivity contribution is -0.140. The zero-order valence-corrected chi connectivity index (χ0v) is 16.0. The van der Waals surface area contributed by atoms with Crippen LogP contribution in [-0.4, -0.2) is 23.4 Å². The molecule has 136 valence electrons. The highest BCUT2D eigenvalue weighted by Crippen LogP contribution is 2.48. The van der Waals surface area contributed by atoms with Crippen molar-refractivity contribution in [3.8, 4) is 0 Å². The largest absolute Gasteiger partial charge is 0.335 e. The maximum Gasteiger partial charge on any atom is 0.315 e. The summed E-state index contributed by atoms with van der Waals surface area (Å²) in [5.74, 6) is 1.95. The normalized spacial score (nSPS) is 33.5. The van der Waals surface area contributed by atoms with E-state index in [-0.39, 0.29) is 28.4 Å². The van der Waals surface area contributed by atoms with Crippen LogP contribution in [0.3, 0.4) is 0 Å². The molecule has 24 heavy (non-hydrogen) atoms. The number of carbonyl (C=O) groups excluding carboxylic acids is 2. The van der Waals surface area contributed by atoms with Crippen LogP contribution in [-0.2, 0) is 4.79 Å². The zero-order valence-electron chi connectivity index (χ0n) is 16.0. The van der Waals surface area contributed by atoms with Gasteiger partial charge in [0.05, 0.1) is 0 Å². The number of rotatable bonds is 4. The second kappa shape index (κ2) is 5.74. The van der Waals surface area contributed by atoms with Gasteiger partial charge in [0.25, 0.3) is 0 Å². The van der Waals surface area contributed by atoms with Gasteiger partial charge in [0.15, 0.2) is 0 Å². The number of Topliss-reactive ketones (excluding diaryl/α,β-unsaturated/α-hetero) is 1. The number of nitrogens with one attached hydrogen (secondary N) is 2. The molecule has 0 aliphatic heterocycles. The summed E-state index contributed by atoms with van der Waals surface area (Å²) < 4.78 is 0. The number of carbonyl (C=O) groups is 2. The Bertz CT molecular complexity index is 514. The average Bonchev–Trinajstić information content (AvgIpc) is 3.08. The van der Waals surface area contributed by atoms with E-state index in [1.807, 2.05) is 27.7 Å². The second-order valence-corrected chi connectivity index (χ2v) is 10.1. The van der Waals surface area contributed by atoms with Gasteiger partial charge in [-0.25, -0.2) is 4.79 Å². The molecule has 2 atom stereocenters. The fourth-order valence-corrected chi connectivity index (χ4v) is 5.14. The molecule has 0 radical (unpaired) electrons. The van der Waals surface area contributed by atoms with Gasteiger partial charge < -0.3 is 10.6 Å². The molecule has 2 amide bonds. The first-order chi connectivity index (χ1) is 11.0. The number of amides is 2. The molecule has 0 spiro atoms. The zero-order chi connectivity index (χ0) is 17.8. The smallest absolute Gasteiger partial charge is 0.315 e. The minimum atomic E-state index is -0.364. The molecule has 4 nitrogen and oxygen atoms in total. The molecular formula is C20H34N2O2. The molecule has 0 aromatic rings. The molecule has 0 heterocycles. The van der Waals surface area contributed by atoms with Crippen molar-refractivity contribution in [3.05, 3.63) is 0 Å². The van der Waals surface area contributed by atoms with Crippen LogP contribution in [0, 0.1) is 22.7 Å². The van der Waals surface area contributed by atoms with Gasteiger partial charge in [-0.2, -0.15) is 0 Å². The van der Waals surface area contributed by atoms with Crippen molar-refractivity contribution >= 4 is 11.8 Å². The summed E-state index contributed by atoms with van der Waals surface area (Å²) in [4.78, 5) is 25.1. The number of ketones is 1. The third kappa shape index (κ3) is 3.48. The summed E-state index contributed by atoms with van der Waals surface area (Å²) >= 11 is 0. The predicted molar refractivity (Wildman–Crippen MR) is 95.7 cm³/mol. The van der Waals surface area contributed by atoms with Crippen LogP contribution in [0.25, 0.3) is 0 Å². The van der Waals surface area contributed by atoms with E-state index in [1.165, 1.54) is 12.8 Å². The first-order valence-corrected chi connectivity index (χ1v) is 9.67. The van der Waals surface area contributed by atoms with Gasteiger partial charge >= 0.3 is 6.03 Å². The van der Waals surface area contributed by atoms with Crippen molar-refractivity contribution in [1.29, 1.82) is 0 Å². The highest BCUT2D eigenvalue weighted by molar-refractivity contribution is 5.90. The summed E-state index contributed by atoms with van der Waals surface area (Å²) in [7, 11) is 0. The predicted octanol–water partition coefficient (Wildman–Crippen LogP) is 4.04. The Kier molecular flexibility index (Phi) is 4.25. The van der Waals surface area contributed by atoms with E-state index in [2.05, 4.69) is 17.6 Å². The van der Waals surface area contributed by atoms with Crippen molar-refractivity contribution in [2.75, 3.05) is 0 Å². The Morgan fingerprint density at radius 1 is 1.12 bits per heavy atom. The van der Waals surface area contributed by atoms with E-state index in [1.54, 1.807) is 0 Å². The van der Waals surface area contributed by atoms with Gasteiger partial charge in [0.2, 0.25) is 0 Å². The monoisotopic (exact) mass is 334 g/mol. The molecule has 0 aromatic heterocycles.